The second-order valence-corrected chi connectivity index (χ2v) is 5.75. The molecule has 128 valence electrons. The Morgan fingerprint density at radius 2 is 2.00 bits per heavy atom. The van der Waals surface area contributed by atoms with Gasteiger partial charge in [0, 0.05) is 0 Å². The molecule has 1 aromatic rings. The van der Waals surface area contributed by atoms with Crippen LogP contribution < -0.4 is 10.1 Å². The number of methoxy groups -OCH3 is 1. The van der Waals surface area contributed by atoms with Crippen molar-refractivity contribution in [2.75, 3.05) is 7.11 Å². The van der Waals surface area contributed by atoms with Crippen molar-refractivity contribution < 1.29 is 27.8 Å². The van der Waals surface area contributed by atoms with Crippen LogP contribution in [-0.2, 0) is 4.79 Å². The molecule has 0 aromatic heterocycles. The average Bonchev–Trinajstić information content (AvgIpc) is 3.04. The van der Waals surface area contributed by atoms with E-state index in [0.29, 0.717) is 18.6 Å². The topological polar surface area (TPSA) is 58.6 Å². The summed E-state index contributed by atoms with van der Waals surface area (Å²) in [5.41, 5.74) is 0.189. The van der Waals surface area contributed by atoms with E-state index < -0.39 is 30.1 Å². The fraction of sp³-hybridized carbons (Fsp3) is 0.562. The van der Waals surface area contributed by atoms with Gasteiger partial charge in [-0.05, 0) is 36.5 Å². The van der Waals surface area contributed by atoms with Gasteiger partial charge in [-0.3, -0.25) is 4.79 Å². The monoisotopic (exact) mass is 331 g/mol. The Hall–Kier alpha value is -1.76. The lowest BCUT2D eigenvalue weighted by molar-refractivity contribution is -0.174. The number of hydrogen-bond acceptors (Lipinski definition) is 3. The first-order chi connectivity index (χ1) is 10.8. The van der Waals surface area contributed by atoms with E-state index in [9.17, 15) is 23.1 Å². The number of carbonyl (C=O) groups excluding carboxylic acids is 1. The minimum atomic E-state index is -4.53. The molecule has 1 aliphatic carbocycles. The first-order valence-corrected chi connectivity index (χ1v) is 7.52. The molecule has 23 heavy (non-hydrogen) atoms. The molecule has 1 fully saturated rings. The number of carbonyl (C=O) groups is 1. The molecule has 0 aliphatic heterocycles. The lowest BCUT2D eigenvalue weighted by atomic mass is 9.97. The van der Waals surface area contributed by atoms with Gasteiger partial charge in [0.15, 0.2) is 6.10 Å². The molecule has 4 nitrogen and oxygen atoms in total. The lowest BCUT2D eigenvalue weighted by Gasteiger charge is -2.28. The smallest absolute Gasteiger partial charge is 0.408 e. The molecule has 7 heteroatoms. The molecule has 1 aromatic carbocycles. The van der Waals surface area contributed by atoms with Gasteiger partial charge in [0.25, 0.3) is 5.91 Å². The van der Waals surface area contributed by atoms with Crippen LogP contribution in [0.15, 0.2) is 24.3 Å². The van der Waals surface area contributed by atoms with Crippen molar-refractivity contribution >= 4 is 5.91 Å². The summed E-state index contributed by atoms with van der Waals surface area (Å²) < 4.78 is 44.6. The van der Waals surface area contributed by atoms with Gasteiger partial charge < -0.3 is 15.2 Å². The van der Waals surface area contributed by atoms with Crippen LogP contribution in [0, 0.1) is 5.92 Å². The maximum Gasteiger partial charge on any atom is 0.408 e. The molecule has 1 amide bonds. The summed E-state index contributed by atoms with van der Waals surface area (Å²) in [5, 5.41) is 12.0. The van der Waals surface area contributed by atoms with Crippen molar-refractivity contribution in [3.63, 3.8) is 0 Å². The van der Waals surface area contributed by atoms with Crippen LogP contribution in [0.4, 0.5) is 13.2 Å². The number of alkyl halides is 3. The van der Waals surface area contributed by atoms with Crippen molar-refractivity contribution in [3.8, 4) is 5.75 Å². The normalized spacial score (nSPS) is 18.5. The van der Waals surface area contributed by atoms with E-state index in [0.717, 1.165) is 12.8 Å². The number of aliphatic hydroxyl groups excluding tert-OH is 1. The molecule has 0 spiro atoms. The SMILES string of the molecule is COc1cccc(C(O)C(=O)NC(C2CCCC2)C(F)(F)F)c1. The fourth-order valence-corrected chi connectivity index (χ4v) is 2.95. The van der Waals surface area contributed by atoms with Gasteiger partial charge in [0.1, 0.15) is 11.8 Å². The van der Waals surface area contributed by atoms with Crippen molar-refractivity contribution in [3.05, 3.63) is 29.8 Å². The Morgan fingerprint density at radius 3 is 2.57 bits per heavy atom. The summed E-state index contributed by atoms with van der Waals surface area (Å²) in [6, 6.07) is 4.14. The largest absolute Gasteiger partial charge is 0.497 e. The molecule has 1 saturated carbocycles. The highest BCUT2D eigenvalue weighted by Crippen LogP contribution is 2.36. The third kappa shape index (κ3) is 4.37. The van der Waals surface area contributed by atoms with E-state index in [4.69, 9.17) is 4.74 Å². The second kappa shape index (κ2) is 7.21. The first-order valence-electron chi connectivity index (χ1n) is 7.52. The number of nitrogens with one attached hydrogen (secondary N) is 1. The zero-order valence-electron chi connectivity index (χ0n) is 12.8. The summed E-state index contributed by atoms with van der Waals surface area (Å²) in [7, 11) is 1.42. The Balaban J connectivity index is 2.11. The van der Waals surface area contributed by atoms with E-state index >= 15 is 0 Å². The van der Waals surface area contributed by atoms with Gasteiger partial charge in [-0.1, -0.05) is 25.0 Å². The predicted octanol–water partition coefficient (Wildman–Crippen LogP) is 2.97. The number of rotatable bonds is 5. The molecule has 2 rings (SSSR count). The Bertz CT molecular complexity index is 542. The van der Waals surface area contributed by atoms with Gasteiger partial charge in [0.05, 0.1) is 7.11 Å². The standard InChI is InChI=1S/C16H20F3NO3/c1-23-12-8-4-7-11(9-12)13(21)15(22)20-14(16(17,18)19)10-5-2-3-6-10/h4,7-10,13-14,21H,2-3,5-6H2,1H3,(H,20,22). The minimum Gasteiger partial charge on any atom is -0.497 e. The molecule has 2 N–H and O–H groups in total. The quantitative estimate of drug-likeness (QED) is 0.872. The molecule has 0 saturated heterocycles. The predicted molar refractivity (Wildman–Crippen MR) is 77.9 cm³/mol. The molecule has 1 aliphatic rings. The van der Waals surface area contributed by atoms with Gasteiger partial charge in [-0.15, -0.1) is 0 Å². The van der Waals surface area contributed by atoms with E-state index in [1.165, 1.54) is 19.2 Å². The van der Waals surface area contributed by atoms with Crippen LogP contribution in [-0.4, -0.2) is 30.3 Å². The van der Waals surface area contributed by atoms with Crippen molar-refractivity contribution in [2.24, 2.45) is 5.92 Å². The van der Waals surface area contributed by atoms with Crippen LogP contribution in [0.1, 0.15) is 37.4 Å². The zero-order chi connectivity index (χ0) is 17.0. The number of aliphatic hydroxyl groups is 1. The van der Waals surface area contributed by atoms with E-state index in [2.05, 4.69) is 0 Å². The van der Waals surface area contributed by atoms with Crippen molar-refractivity contribution in [1.82, 2.24) is 5.32 Å². The third-order valence-corrected chi connectivity index (χ3v) is 4.18. The first kappa shape index (κ1) is 17.6. The summed E-state index contributed by atoms with van der Waals surface area (Å²) in [4.78, 5) is 12.1. The Labute approximate surface area is 132 Å². The maximum atomic E-state index is 13.2. The molecule has 0 heterocycles. The summed E-state index contributed by atoms with van der Waals surface area (Å²) in [5.74, 6) is -1.26. The minimum absolute atomic E-state index is 0.189. The molecule has 0 bridgehead atoms. The number of benzene rings is 1. The average molecular weight is 331 g/mol. The van der Waals surface area contributed by atoms with E-state index in [-0.39, 0.29) is 5.56 Å². The van der Waals surface area contributed by atoms with Gasteiger partial charge in [-0.2, -0.15) is 13.2 Å². The second-order valence-electron chi connectivity index (χ2n) is 5.75. The summed E-state index contributed by atoms with van der Waals surface area (Å²) in [6.07, 6.45) is -3.88. The fourth-order valence-electron chi connectivity index (χ4n) is 2.95. The summed E-state index contributed by atoms with van der Waals surface area (Å²) >= 11 is 0. The highest BCUT2D eigenvalue weighted by atomic mass is 19.4. The van der Waals surface area contributed by atoms with Crippen LogP contribution in [0.3, 0.4) is 0 Å². The number of halogens is 3. The van der Waals surface area contributed by atoms with Crippen LogP contribution in [0.25, 0.3) is 0 Å². The molecule has 2 unspecified atom stereocenters. The molecule has 2 atom stereocenters. The lowest BCUT2D eigenvalue weighted by Crippen LogP contribution is -2.50. The third-order valence-electron chi connectivity index (χ3n) is 4.18. The van der Waals surface area contributed by atoms with Gasteiger partial charge >= 0.3 is 6.18 Å². The molecular weight excluding hydrogens is 311 g/mol. The molecule has 0 radical (unpaired) electrons. The van der Waals surface area contributed by atoms with Crippen molar-refractivity contribution in [2.45, 2.75) is 44.0 Å². The highest BCUT2D eigenvalue weighted by molar-refractivity contribution is 5.82. The van der Waals surface area contributed by atoms with Crippen LogP contribution in [0.5, 0.6) is 5.75 Å². The Morgan fingerprint density at radius 1 is 1.35 bits per heavy atom. The maximum absolute atomic E-state index is 13.2. The number of ether oxygens (including phenoxy) is 1. The molecular formula is C16H20F3NO3. The zero-order valence-corrected chi connectivity index (χ0v) is 12.8. The Kier molecular flexibility index (Phi) is 5.51. The van der Waals surface area contributed by atoms with Crippen LogP contribution >= 0.6 is 0 Å². The van der Waals surface area contributed by atoms with Gasteiger partial charge in [0.2, 0.25) is 0 Å². The van der Waals surface area contributed by atoms with E-state index in [1.54, 1.807) is 12.1 Å². The number of amides is 1. The number of hydrogen-bond donors (Lipinski definition) is 2. The van der Waals surface area contributed by atoms with Crippen LogP contribution in [0.2, 0.25) is 0 Å². The van der Waals surface area contributed by atoms with Gasteiger partial charge in [-0.25, -0.2) is 0 Å². The summed E-state index contributed by atoms with van der Waals surface area (Å²) in [6.45, 7) is 0. The van der Waals surface area contributed by atoms with Crippen molar-refractivity contribution in [1.29, 1.82) is 0 Å². The van der Waals surface area contributed by atoms with E-state index in [1.807, 2.05) is 5.32 Å². The highest BCUT2D eigenvalue weighted by Gasteiger charge is 2.46.